The number of benzene rings is 1. The summed E-state index contributed by atoms with van der Waals surface area (Å²) in [5.41, 5.74) is 0.189. The highest BCUT2D eigenvalue weighted by molar-refractivity contribution is 5.89. The van der Waals surface area contributed by atoms with Crippen LogP contribution in [0.5, 0.6) is 0 Å². The minimum atomic E-state index is -0.842. The Morgan fingerprint density at radius 1 is 0.967 bits per heavy atom. The highest BCUT2D eigenvalue weighted by Gasteiger charge is 2.32. The predicted molar refractivity (Wildman–Crippen MR) is 116 cm³/mol. The Labute approximate surface area is 179 Å². The van der Waals surface area contributed by atoms with Gasteiger partial charge in [-0.3, -0.25) is 4.79 Å². The zero-order valence-electron chi connectivity index (χ0n) is 19.2. The van der Waals surface area contributed by atoms with Crippen molar-refractivity contribution in [3.8, 4) is 0 Å². The molecule has 168 valence electrons. The lowest BCUT2D eigenvalue weighted by Crippen LogP contribution is -2.54. The summed E-state index contributed by atoms with van der Waals surface area (Å²) in [6, 6.07) is 7.64. The average Bonchev–Trinajstić information content (AvgIpc) is 2.62. The van der Waals surface area contributed by atoms with Crippen molar-refractivity contribution in [2.45, 2.75) is 79.2 Å². The zero-order valence-corrected chi connectivity index (χ0v) is 19.2. The van der Waals surface area contributed by atoms with Gasteiger partial charge in [-0.25, -0.2) is 9.59 Å². The Bertz CT molecular complexity index is 695. The van der Waals surface area contributed by atoms with Gasteiger partial charge < -0.3 is 20.1 Å². The summed E-state index contributed by atoms with van der Waals surface area (Å²) < 4.78 is 10.7. The van der Waals surface area contributed by atoms with Gasteiger partial charge in [0.05, 0.1) is 0 Å². The van der Waals surface area contributed by atoms with Crippen LogP contribution in [0.4, 0.5) is 4.79 Å². The molecule has 0 radical (unpaired) electrons. The third kappa shape index (κ3) is 9.76. The molecule has 0 bridgehead atoms. The summed E-state index contributed by atoms with van der Waals surface area (Å²) in [5, 5.41) is 5.35. The smallest absolute Gasteiger partial charge is 0.408 e. The Balaban J connectivity index is 2.76. The first-order chi connectivity index (χ1) is 13.9. The van der Waals surface area contributed by atoms with E-state index >= 15 is 0 Å². The van der Waals surface area contributed by atoms with Crippen LogP contribution in [-0.2, 0) is 25.7 Å². The first kappa shape index (κ1) is 25.5. The predicted octanol–water partition coefficient (Wildman–Crippen LogP) is 3.81. The number of esters is 1. The van der Waals surface area contributed by atoms with E-state index in [2.05, 4.69) is 10.6 Å². The molecule has 0 spiro atoms. The van der Waals surface area contributed by atoms with Gasteiger partial charge in [0.15, 0.2) is 0 Å². The maximum absolute atomic E-state index is 12.9. The average molecular weight is 421 g/mol. The summed E-state index contributed by atoms with van der Waals surface area (Å²) in [6.45, 7) is 13.0. The lowest BCUT2D eigenvalue weighted by molar-refractivity contribution is -0.159. The molecule has 0 saturated carbocycles. The second-order valence-electron chi connectivity index (χ2n) is 9.15. The molecule has 0 saturated heterocycles. The van der Waals surface area contributed by atoms with Crippen LogP contribution < -0.4 is 10.6 Å². The summed E-state index contributed by atoms with van der Waals surface area (Å²) in [4.78, 5) is 37.6. The monoisotopic (exact) mass is 420 g/mol. The third-order valence-corrected chi connectivity index (χ3v) is 4.15. The zero-order chi connectivity index (χ0) is 22.9. The summed E-state index contributed by atoms with van der Waals surface area (Å²) in [7, 11) is 0. The van der Waals surface area contributed by atoms with E-state index in [0.717, 1.165) is 5.56 Å². The minimum Gasteiger partial charge on any atom is -0.458 e. The SMILES string of the molecule is CC(C)CC(NC(=O)C(NC(=O)OCc1ccccc1)C(C)C)C(=O)OC(C)(C)C. The van der Waals surface area contributed by atoms with E-state index in [1.807, 2.05) is 58.0 Å². The number of hydrogen-bond acceptors (Lipinski definition) is 5. The molecular weight excluding hydrogens is 384 g/mol. The molecule has 1 rings (SSSR count). The number of amides is 2. The topological polar surface area (TPSA) is 93.7 Å². The van der Waals surface area contributed by atoms with Crippen LogP contribution in [-0.4, -0.2) is 35.7 Å². The van der Waals surface area contributed by atoms with E-state index in [-0.39, 0.29) is 18.4 Å². The Morgan fingerprint density at radius 2 is 1.57 bits per heavy atom. The minimum absolute atomic E-state index is 0.104. The van der Waals surface area contributed by atoms with E-state index in [0.29, 0.717) is 6.42 Å². The fourth-order valence-electron chi connectivity index (χ4n) is 2.75. The van der Waals surface area contributed by atoms with Crippen molar-refractivity contribution in [3.63, 3.8) is 0 Å². The number of carbonyl (C=O) groups excluding carboxylic acids is 3. The molecule has 2 N–H and O–H groups in total. The van der Waals surface area contributed by atoms with Crippen molar-refractivity contribution in [2.24, 2.45) is 11.8 Å². The van der Waals surface area contributed by atoms with Gasteiger partial charge in [-0.2, -0.15) is 0 Å². The van der Waals surface area contributed by atoms with Gasteiger partial charge in [-0.1, -0.05) is 58.0 Å². The molecule has 0 fully saturated rings. The largest absolute Gasteiger partial charge is 0.458 e. The molecular formula is C23H36N2O5. The van der Waals surface area contributed by atoms with Crippen molar-refractivity contribution < 1.29 is 23.9 Å². The highest BCUT2D eigenvalue weighted by atomic mass is 16.6. The molecule has 0 heterocycles. The number of ether oxygens (including phenoxy) is 2. The van der Waals surface area contributed by atoms with Crippen molar-refractivity contribution >= 4 is 18.0 Å². The molecule has 2 atom stereocenters. The summed E-state index contributed by atoms with van der Waals surface area (Å²) in [5.74, 6) is -0.964. The second-order valence-corrected chi connectivity index (χ2v) is 9.15. The molecule has 30 heavy (non-hydrogen) atoms. The van der Waals surface area contributed by atoms with Gasteiger partial charge in [-0.15, -0.1) is 0 Å². The fourth-order valence-corrected chi connectivity index (χ4v) is 2.75. The molecule has 0 aliphatic carbocycles. The van der Waals surface area contributed by atoms with Crippen LogP contribution in [0, 0.1) is 11.8 Å². The van der Waals surface area contributed by atoms with E-state index in [1.54, 1.807) is 20.8 Å². The normalized spacial score (nSPS) is 13.5. The Kier molecular flexibility index (Phi) is 9.82. The number of alkyl carbamates (subject to hydrolysis) is 1. The van der Waals surface area contributed by atoms with Crippen molar-refractivity contribution in [3.05, 3.63) is 35.9 Å². The van der Waals surface area contributed by atoms with Crippen molar-refractivity contribution in [1.82, 2.24) is 10.6 Å². The third-order valence-electron chi connectivity index (χ3n) is 4.15. The molecule has 2 unspecified atom stereocenters. The number of nitrogens with one attached hydrogen (secondary N) is 2. The first-order valence-corrected chi connectivity index (χ1v) is 10.4. The lowest BCUT2D eigenvalue weighted by atomic mass is 10.0. The first-order valence-electron chi connectivity index (χ1n) is 10.4. The van der Waals surface area contributed by atoms with Crippen LogP contribution in [0.2, 0.25) is 0 Å². The summed E-state index contributed by atoms with van der Waals surface area (Å²) >= 11 is 0. The van der Waals surface area contributed by atoms with E-state index in [4.69, 9.17) is 9.47 Å². The van der Waals surface area contributed by atoms with Crippen molar-refractivity contribution in [2.75, 3.05) is 0 Å². The van der Waals surface area contributed by atoms with E-state index < -0.39 is 35.7 Å². The molecule has 7 heteroatoms. The lowest BCUT2D eigenvalue weighted by Gasteiger charge is -2.28. The maximum Gasteiger partial charge on any atom is 0.408 e. The van der Waals surface area contributed by atoms with Crippen LogP contribution in [0.25, 0.3) is 0 Å². The van der Waals surface area contributed by atoms with Gasteiger partial charge in [-0.05, 0) is 44.6 Å². The second kappa shape index (κ2) is 11.6. The quantitative estimate of drug-likeness (QED) is 0.593. The Hall–Kier alpha value is -2.57. The van der Waals surface area contributed by atoms with Gasteiger partial charge in [0.25, 0.3) is 0 Å². The van der Waals surface area contributed by atoms with E-state index in [9.17, 15) is 14.4 Å². The Morgan fingerprint density at radius 3 is 2.07 bits per heavy atom. The molecule has 1 aromatic rings. The molecule has 7 nitrogen and oxygen atoms in total. The van der Waals surface area contributed by atoms with Crippen LogP contribution >= 0.6 is 0 Å². The van der Waals surface area contributed by atoms with E-state index in [1.165, 1.54) is 0 Å². The molecule has 0 aliphatic rings. The van der Waals surface area contributed by atoms with Gasteiger partial charge >= 0.3 is 12.1 Å². The maximum atomic E-state index is 12.9. The van der Waals surface area contributed by atoms with Crippen LogP contribution in [0.3, 0.4) is 0 Å². The molecule has 1 aromatic carbocycles. The van der Waals surface area contributed by atoms with Gasteiger partial charge in [0.1, 0.15) is 24.3 Å². The standard InChI is InChI=1S/C23H36N2O5/c1-15(2)13-18(21(27)30-23(5,6)7)24-20(26)19(16(3)4)25-22(28)29-14-17-11-9-8-10-12-17/h8-12,15-16,18-19H,13-14H2,1-7H3,(H,24,26)(H,25,28). The number of hydrogen-bond donors (Lipinski definition) is 2. The molecule has 0 aromatic heterocycles. The van der Waals surface area contributed by atoms with Crippen LogP contribution in [0.1, 0.15) is 60.5 Å². The highest BCUT2D eigenvalue weighted by Crippen LogP contribution is 2.14. The van der Waals surface area contributed by atoms with Crippen molar-refractivity contribution in [1.29, 1.82) is 0 Å². The van der Waals surface area contributed by atoms with Gasteiger partial charge in [0, 0.05) is 0 Å². The van der Waals surface area contributed by atoms with Crippen LogP contribution in [0.15, 0.2) is 30.3 Å². The summed E-state index contributed by atoms with van der Waals surface area (Å²) in [6.07, 6.45) is -0.255. The van der Waals surface area contributed by atoms with Gasteiger partial charge in [0.2, 0.25) is 5.91 Å². The number of carbonyl (C=O) groups is 3. The molecule has 0 aliphatic heterocycles. The number of rotatable bonds is 9. The molecule has 2 amide bonds. The fraction of sp³-hybridized carbons (Fsp3) is 0.609.